The van der Waals surface area contributed by atoms with Crippen molar-refractivity contribution in [2.75, 3.05) is 11.9 Å². The molecule has 0 radical (unpaired) electrons. The maximum Gasteiger partial charge on any atom is 0.319 e. The van der Waals surface area contributed by atoms with Crippen LogP contribution in [0.1, 0.15) is 11.6 Å². The Labute approximate surface area is 116 Å². The zero-order chi connectivity index (χ0) is 14.4. The van der Waals surface area contributed by atoms with Gasteiger partial charge in [-0.1, -0.05) is 30.3 Å². The third kappa shape index (κ3) is 3.80. The highest BCUT2D eigenvalue weighted by atomic mass is 19.1. The van der Waals surface area contributed by atoms with Crippen molar-refractivity contribution in [3.8, 4) is 0 Å². The second kappa shape index (κ2) is 6.68. The Morgan fingerprint density at radius 1 is 1.10 bits per heavy atom. The fourth-order valence-corrected chi connectivity index (χ4v) is 1.78. The molecular weight excluding hydrogens is 259 g/mol. The van der Waals surface area contributed by atoms with Crippen molar-refractivity contribution < 1.29 is 14.3 Å². The molecule has 5 heteroatoms. The Balaban J connectivity index is 1.97. The molecule has 0 heterocycles. The van der Waals surface area contributed by atoms with Gasteiger partial charge in [-0.15, -0.1) is 0 Å². The highest BCUT2D eigenvalue weighted by Gasteiger charge is 2.13. The molecule has 0 aromatic heterocycles. The number of benzene rings is 2. The van der Waals surface area contributed by atoms with Crippen LogP contribution in [0.2, 0.25) is 0 Å². The van der Waals surface area contributed by atoms with Gasteiger partial charge in [0.1, 0.15) is 5.82 Å². The topological polar surface area (TPSA) is 61.4 Å². The van der Waals surface area contributed by atoms with E-state index in [-0.39, 0.29) is 12.4 Å². The molecule has 0 aliphatic heterocycles. The largest absolute Gasteiger partial charge is 0.394 e. The summed E-state index contributed by atoms with van der Waals surface area (Å²) in [5.74, 6) is -0.367. The van der Waals surface area contributed by atoms with E-state index in [1.54, 1.807) is 0 Å². The summed E-state index contributed by atoms with van der Waals surface area (Å²) in [6, 6.07) is 13.7. The van der Waals surface area contributed by atoms with Crippen LogP contribution in [0.25, 0.3) is 0 Å². The van der Waals surface area contributed by atoms with Crippen molar-refractivity contribution in [2.24, 2.45) is 0 Å². The number of hydrogen-bond acceptors (Lipinski definition) is 2. The first-order valence-electron chi connectivity index (χ1n) is 6.18. The predicted octanol–water partition coefficient (Wildman–Crippen LogP) is 2.68. The number of aliphatic hydroxyl groups is 1. The Hall–Kier alpha value is -2.40. The van der Waals surface area contributed by atoms with E-state index in [4.69, 9.17) is 0 Å². The highest BCUT2D eigenvalue weighted by Crippen LogP contribution is 2.13. The molecule has 1 atom stereocenters. The Morgan fingerprint density at radius 2 is 1.75 bits per heavy atom. The third-order valence-electron chi connectivity index (χ3n) is 2.79. The number of halogens is 1. The Bertz CT molecular complexity index is 558. The van der Waals surface area contributed by atoms with Crippen LogP contribution in [0, 0.1) is 5.82 Å². The number of amides is 2. The summed E-state index contributed by atoms with van der Waals surface area (Å²) < 4.78 is 12.7. The molecule has 0 fully saturated rings. The lowest BCUT2D eigenvalue weighted by atomic mass is 10.1. The number of aliphatic hydroxyl groups excluding tert-OH is 1. The molecule has 0 saturated carbocycles. The fourth-order valence-electron chi connectivity index (χ4n) is 1.78. The molecule has 0 spiro atoms. The van der Waals surface area contributed by atoms with Gasteiger partial charge in [-0.2, -0.15) is 0 Å². The van der Waals surface area contributed by atoms with Crippen molar-refractivity contribution in [1.29, 1.82) is 0 Å². The van der Waals surface area contributed by atoms with E-state index in [0.717, 1.165) is 5.56 Å². The SMILES string of the molecule is O=C(Nc1ccc(F)cc1)NC(CO)c1ccccc1. The molecule has 2 amide bonds. The predicted molar refractivity (Wildman–Crippen MR) is 74.8 cm³/mol. The van der Waals surface area contributed by atoms with Crippen LogP contribution >= 0.6 is 0 Å². The van der Waals surface area contributed by atoms with Crippen molar-refractivity contribution in [3.05, 3.63) is 66.0 Å². The van der Waals surface area contributed by atoms with Crippen molar-refractivity contribution >= 4 is 11.7 Å². The summed E-state index contributed by atoms with van der Waals surface area (Å²) in [6.07, 6.45) is 0. The normalized spacial score (nSPS) is 11.7. The summed E-state index contributed by atoms with van der Waals surface area (Å²) in [7, 11) is 0. The number of anilines is 1. The second-order valence-corrected chi connectivity index (χ2v) is 4.25. The molecule has 20 heavy (non-hydrogen) atoms. The molecule has 0 saturated heterocycles. The van der Waals surface area contributed by atoms with E-state index in [9.17, 15) is 14.3 Å². The lowest BCUT2D eigenvalue weighted by Gasteiger charge is -2.17. The quantitative estimate of drug-likeness (QED) is 0.802. The maximum absolute atomic E-state index is 12.7. The van der Waals surface area contributed by atoms with Gasteiger partial charge in [0.2, 0.25) is 0 Å². The summed E-state index contributed by atoms with van der Waals surface area (Å²) in [6.45, 7) is -0.207. The fraction of sp³-hybridized carbons (Fsp3) is 0.133. The molecule has 0 aliphatic carbocycles. The van der Waals surface area contributed by atoms with Crippen LogP contribution in [0.4, 0.5) is 14.9 Å². The smallest absolute Gasteiger partial charge is 0.319 e. The standard InChI is InChI=1S/C15H15FN2O2/c16-12-6-8-13(9-7-12)17-15(20)18-14(10-19)11-4-2-1-3-5-11/h1-9,14,19H,10H2,(H2,17,18,20). The van der Waals surface area contributed by atoms with Gasteiger partial charge in [0.25, 0.3) is 0 Å². The molecule has 2 aromatic rings. The summed E-state index contributed by atoms with van der Waals surface area (Å²) >= 11 is 0. The average molecular weight is 274 g/mol. The number of hydrogen-bond donors (Lipinski definition) is 3. The van der Waals surface area contributed by atoms with Crippen LogP contribution in [-0.4, -0.2) is 17.7 Å². The minimum absolute atomic E-state index is 0.207. The van der Waals surface area contributed by atoms with Crippen molar-refractivity contribution in [1.82, 2.24) is 5.32 Å². The highest BCUT2D eigenvalue weighted by molar-refractivity contribution is 5.89. The van der Waals surface area contributed by atoms with Gasteiger partial charge in [0.15, 0.2) is 0 Å². The molecule has 1 unspecified atom stereocenters. The number of carbonyl (C=O) groups is 1. The van der Waals surface area contributed by atoms with Crippen molar-refractivity contribution in [3.63, 3.8) is 0 Å². The number of nitrogens with one attached hydrogen (secondary N) is 2. The first-order valence-corrected chi connectivity index (χ1v) is 6.18. The summed E-state index contributed by atoms with van der Waals surface area (Å²) in [5, 5.41) is 14.6. The van der Waals surface area contributed by atoms with E-state index in [2.05, 4.69) is 10.6 Å². The molecule has 0 bridgehead atoms. The van der Waals surface area contributed by atoms with Gasteiger partial charge in [-0.05, 0) is 29.8 Å². The van der Waals surface area contributed by atoms with Crippen LogP contribution in [-0.2, 0) is 0 Å². The third-order valence-corrected chi connectivity index (χ3v) is 2.79. The lowest BCUT2D eigenvalue weighted by molar-refractivity contribution is 0.225. The second-order valence-electron chi connectivity index (χ2n) is 4.25. The Kier molecular flexibility index (Phi) is 4.68. The molecule has 2 aromatic carbocycles. The number of urea groups is 1. The van der Waals surface area contributed by atoms with E-state index in [0.29, 0.717) is 5.69 Å². The zero-order valence-electron chi connectivity index (χ0n) is 10.7. The number of carbonyl (C=O) groups excluding carboxylic acids is 1. The Morgan fingerprint density at radius 3 is 2.35 bits per heavy atom. The summed E-state index contributed by atoms with van der Waals surface area (Å²) in [4.78, 5) is 11.8. The van der Waals surface area contributed by atoms with Gasteiger partial charge in [0.05, 0.1) is 12.6 Å². The van der Waals surface area contributed by atoms with Gasteiger partial charge in [-0.3, -0.25) is 0 Å². The first kappa shape index (κ1) is 14.0. The molecule has 0 aliphatic rings. The molecule has 2 rings (SSSR count). The molecule has 3 N–H and O–H groups in total. The zero-order valence-corrected chi connectivity index (χ0v) is 10.7. The van der Waals surface area contributed by atoms with E-state index < -0.39 is 12.1 Å². The first-order chi connectivity index (χ1) is 9.69. The summed E-state index contributed by atoms with van der Waals surface area (Å²) in [5.41, 5.74) is 1.29. The van der Waals surface area contributed by atoms with Crippen LogP contribution in [0.5, 0.6) is 0 Å². The number of rotatable bonds is 4. The van der Waals surface area contributed by atoms with E-state index in [1.165, 1.54) is 24.3 Å². The van der Waals surface area contributed by atoms with E-state index >= 15 is 0 Å². The van der Waals surface area contributed by atoms with Gasteiger partial charge >= 0.3 is 6.03 Å². The van der Waals surface area contributed by atoms with Gasteiger partial charge in [-0.25, -0.2) is 9.18 Å². The molecule has 4 nitrogen and oxygen atoms in total. The van der Waals surface area contributed by atoms with E-state index in [1.807, 2.05) is 30.3 Å². The van der Waals surface area contributed by atoms with Crippen LogP contribution < -0.4 is 10.6 Å². The monoisotopic (exact) mass is 274 g/mol. The molecule has 104 valence electrons. The lowest BCUT2D eigenvalue weighted by Crippen LogP contribution is -2.34. The van der Waals surface area contributed by atoms with Crippen LogP contribution in [0.3, 0.4) is 0 Å². The van der Waals surface area contributed by atoms with Crippen LogP contribution in [0.15, 0.2) is 54.6 Å². The maximum atomic E-state index is 12.7. The minimum Gasteiger partial charge on any atom is -0.394 e. The minimum atomic E-state index is -0.489. The van der Waals surface area contributed by atoms with Crippen molar-refractivity contribution in [2.45, 2.75) is 6.04 Å². The average Bonchev–Trinajstić information content (AvgIpc) is 2.48. The van der Waals surface area contributed by atoms with Gasteiger partial charge in [0, 0.05) is 5.69 Å². The molecular formula is C15H15FN2O2. The van der Waals surface area contributed by atoms with Gasteiger partial charge < -0.3 is 15.7 Å².